The molecule has 0 rings (SSSR count). The zero-order valence-electron chi connectivity index (χ0n) is 15.8. The summed E-state index contributed by atoms with van der Waals surface area (Å²) in [6.07, 6.45) is 1.93. The minimum atomic E-state index is -3.12. The van der Waals surface area contributed by atoms with Crippen molar-refractivity contribution in [2.75, 3.05) is 39.6 Å². The van der Waals surface area contributed by atoms with Crippen molar-refractivity contribution in [3.63, 3.8) is 0 Å². The zero-order chi connectivity index (χ0) is 17.8. The summed E-state index contributed by atoms with van der Waals surface area (Å²) in [4.78, 5) is 0.793. The number of allylic oxidation sites excluding steroid dienone is 1. The Bertz CT molecular complexity index is 276. The Morgan fingerprint density at radius 3 is 0.913 bits per heavy atom. The molecule has 8 heteroatoms. The minimum absolute atomic E-state index is 0.485. The summed E-state index contributed by atoms with van der Waals surface area (Å²) in [5.41, 5.74) is 0. The minimum Gasteiger partial charge on any atom is -0.371 e. The number of rotatable bonds is 14. The lowest BCUT2D eigenvalue weighted by Gasteiger charge is -2.38. The first kappa shape index (κ1) is 22.9. The van der Waals surface area contributed by atoms with Crippen LogP contribution in [-0.4, -0.2) is 57.3 Å². The van der Waals surface area contributed by atoms with E-state index in [0.717, 1.165) is 4.82 Å². The monoisotopic (exact) mass is 366 g/mol. The maximum absolute atomic E-state index is 6.03. The topological polar surface area (TPSA) is 55.4 Å². The highest BCUT2D eigenvalue weighted by molar-refractivity contribution is 6.91. The van der Waals surface area contributed by atoms with Crippen molar-refractivity contribution in [1.29, 1.82) is 0 Å². The van der Waals surface area contributed by atoms with Crippen LogP contribution in [0.4, 0.5) is 0 Å². The van der Waals surface area contributed by atoms with Crippen LogP contribution in [-0.2, 0) is 26.6 Å². The number of hydrogen-bond donors (Lipinski definition) is 0. The molecule has 0 aliphatic heterocycles. The molecule has 0 aromatic rings. The van der Waals surface area contributed by atoms with Gasteiger partial charge in [-0.25, -0.2) is 0 Å². The van der Waals surface area contributed by atoms with Gasteiger partial charge in [0.1, 0.15) is 0 Å². The molecular weight excluding hydrogens is 332 g/mol. The lowest BCUT2D eigenvalue weighted by atomic mass is 10.8. The molecule has 23 heavy (non-hydrogen) atoms. The lowest BCUT2D eigenvalue weighted by Crippen LogP contribution is -2.62. The number of hydrogen-bond acceptors (Lipinski definition) is 6. The van der Waals surface area contributed by atoms with Gasteiger partial charge in [0, 0.05) is 39.6 Å². The van der Waals surface area contributed by atoms with Gasteiger partial charge in [0.05, 0.1) is 4.82 Å². The Balaban J connectivity index is 6.04. The Morgan fingerprint density at radius 1 is 0.565 bits per heavy atom. The van der Waals surface area contributed by atoms with E-state index in [1.54, 1.807) is 0 Å². The fourth-order valence-electron chi connectivity index (χ4n) is 2.40. The van der Waals surface area contributed by atoms with Gasteiger partial charge >= 0.3 is 17.6 Å². The molecule has 0 aliphatic carbocycles. The summed E-state index contributed by atoms with van der Waals surface area (Å²) >= 11 is 0. The van der Waals surface area contributed by atoms with Crippen molar-refractivity contribution < 1.29 is 26.6 Å². The molecule has 0 atom stereocenters. The molecule has 0 aliphatic rings. The van der Waals surface area contributed by atoms with Crippen LogP contribution in [0.5, 0.6) is 0 Å². The third-order valence-electron chi connectivity index (χ3n) is 2.95. The Labute approximate surface area is 143 Å². The van der Waals surface area contributed by atoms with E-state index >= 15 is 0 Å². The quantitative estimate of drug-likeness (QED) is 0.440. The van der Waals surface area contributed by atoms with Crippen molar-refractivity contribution in [3.8, 4) is 0 Å². The van der Waals surface area contributed by atoms with E-state index in [0.29, 0.717) is 39.6 Å². The molecular formula is C15H34O6Si2. The second kappa shape index (κ2) is 12.3. The van der Waals surface area contributed by atoms with Crippen LogP contribution in [0, 0.1) is 0 Å². The molecule has 0 N–H and O–H groups in total. The molecule has 0 saturated carbocycles. The first-order valence-corrected chi connectivity index (χ1v) is 12.0. The van der Waals surface area contributed by atoms with E-state index in [1.807, 2.05) is 54.5 Å². The summed E-state index contributed by atoms with van der Waals surface area (Å²) < 4.78 is 36.2. The average molecular weight is 367 g/mol. The van der Waals surface area contributed by atoms with E-state index in [1.165, 1.54) is 0 Å². The van der Waals surface area contributed by atoms with E-state index in [4.69, 9.17) is 26.6 Å². The SMILES string of the molecule is CC=C([Si](OCC)(OCC)OCC)[Si](OCC)(OCC)OCC. The summed E-state index contributed by atoms with van der Waals surface area (Å²) in [5.74, 6) is 0. The molecule has 0 saturated heterocycles. The van der Waals surface area contributed by atoms with Crippen molar-refractivity contribution in [1.82, 2.24) is 0 Å². The van der Waals surface area contributed by atoms with Gasteiger partial charge in [-0.3, -0.25) is 0 Å². The van der Waals surface area contributed by atoms with Gasteiger partial charge in [0.2, 0.25) is 0 Å². The van der Waals surface area contributed by atoms with E-state index in [2.05, 4.69) is 0 Å². The Morgan fingerprint density at radius 2 is 0.783 bits per heavy atom. The molecule has 0 amide bonds. The maximum Gasteiger partial charge on any atom is 0.535 e. The lowest BCUT2D eigenvalue weighted by molar-refractivity contribution is 0.0603. The van der Waals surface area contributed by atoms with E-state index in [9.17, 15) is 0 Å². The summed E-state index contributed by atoms with van der Waals surface area (Å²) in [6, 6.07) is 0. The van der Waals surface area contributed by atoms with Crippen molar-refractivity contribution >= 4 is 17.6 Å². The highest BCUT2D eigenvalue weighted by Gasteiger charge is 2.61. The van der Waals surface area contributed by atoms with Gasteiger partial charge in [0.25, 0.3) is 0 Å². The van der Waals surface area contributed by atoms with Crippen LogP contribution in [0.1, 0.15) is 48.5 Å². The molecule has 6 nitrogen and oxygen atoms in total. The molecule has 0 aromatic carbocycles. The van der Waals surface area contributed by atoms with Crippen LogP contribution >= 0.6 is 0 Å². The third-order valence-corrected chi connectivity index (χ3v) is 10.7. The highest BCUT2D eigenvalue weighted by atomic mass is 28.5. The van der Waals surface area contributed by atoms with Gasteiger partial charge in [-0.1, -0.05) is 6.08 Å². The summed E-state index contributed by atoms with van der Waals surface area (Å²) in [7, 11) is -6.25. The largest absolute Gasteiger partial charge is 0.535 e. The van der Waals surface area contributed by atoms with Gasteiger partial charge in [0.15, 0.2) is 0 Å². The van der Waals surface area contributed by atoms with Gasteiger partial charge in [-0.2, -0.15) is 0 Å². The Kier molecular flexibility index (Phi) is 12.3. The molecule has 0 spiro atoms. The highest BCUT2D eigenvalue weighted by Crippen LogP contribution is 2.31. The smallest absolute Gasteiger partial charge is 0.371 e. The van der Waals surface area contributed by atoms with Crippen molar-refractivity contribution in [2.45, 2.75) is 48.5 Å². The van der Waals surface area contributed by atoms with Crippen LogP contribution < -0.4 is 0 Å². The van der Waals surface area contributed by atoms with E-state index < -0.39 is 17.6 Å². The van der Waals surface area contributed by atoms with Crippen LogP contribution in [0.25, 0.3) is 0 Å². The average Bonchev–Trinajstić information content (AvgIpc) is 2.49. The molecule has 0 bridgehead atoms. The fourth-order valence-corrected chi connectivity index (χ4v) is 9.62. The van der Waals surface area contributed by atoms with Gasteiger partial charge in [-0.15, -0.1) is 0 Å². The second-order valence-corrected chi connectivity index (χ2v) is 9.95. The molecule has 0 unspecified atom stereocenters. The molecule has 138 valence electrons. The Hall–Kier alpha value is -0.0662. The standard InChI is InChI=1S/C15H34O6Si2/c1-8-15(22(16-9-2,17-10-3)18-11-4)23(19-12-5,20-13-6)21-14-7/h8H,9-14H2,1-7H3. The first-order valence-electron chi connectivity index (χ1n) is 8.57. The van der Waals surface area contributed by atoms with Crippen LogP contribution in [0.3, 0.4) is 0 Å². The normalized spacial score (nSPS) is 12.5. The van der Waals surface area contributed by atoms with E-state index in [-0.39, 0.29) is 0 Å². The van der Waals surface area contributed by atoms with Gasteiger partial charge in [-0.05, 0) is 48.5 Å². The van der Waals surface area contributed by atoms with Crippen LogP contribution in [0.2, 0.25) is 0 Å². The third kappa shape index (κ3) is 6.06. The molecule has 0 heterocycles. The first-order chi connectivity index (χ1) is 11.1. The predicted octanol–water partition coefficient (Wildman–Crippen LogP) is 3.11. The molecule has 0 fully saturated rings. The maximum atomic E-state index is 6.03. The molecule has 0 aromatic heterocycles. The second-order valence-electron chi connectivity index (χ2n) is 4.41. The fraction of sp³-hybridized carbons (Fsp3) is 0.867. The zero-order valence-corrected chi connectivity index (χ0v) is 17.8. The van der Waals surface area contributed by atoms with Crippen molar-refractivity contribution in [3.05, 3.63) is 10.9 Å². The summed E-state index contributed by atoms with van der Waals surface area (Å²) in [5, 5.41) is 0. The van der Waals surface area contributed by atoms with Crippen LogP contribution in [0.15, 0.2) is 10.9 Å². The van der Waals surface area contributed by atoms with Gasteiger partial charge < -0.3 is 26.6 Å². The van der Waals surface area contributed by atoms with Crippen molar-refractivity contribution in [2.24, 2.45) is 0 Å². The predicted molar refractivity (Wildman–Crippen MR) is 95.0 cm³/mol. The summed E-state index contributed by atoms with van der Waals surface area (Å²) in [6.45, 7) is 16.4. The molecule has 0 radical (unpaired) electrons.